The molecule has 0 radical (unpaired) electrons. The Morgan fingerprint density at radius 2 is 1.17 bits per heavy atom. The van der Waals surface area contributed by atoms with Crippen LogP contribution >= 0.6 is 0 Å². The van der Waals surface area contributed by atoms with Crippen LogP contribution in [0.4, 0.5) is 0 Å². The molecule has 0 atom stereocenters. The molecule has 9 heteroatoms. The van der Waals surface area contributed by atoms with Gasteiger partial charge in [-0.15, -0.1) is 0 Å². The van der Waals surface area contributed by atoms with E-state index in [-0.39, 0.29) is 18.8 Å². The third kappa shape index (κ3) is 10.3. The Kier molecular flexibility index (Phi) is 12.2. The highest BCUT2D eigenvalue weighted by molar-refractivity contribution is 5.91. The van der Waals surface area contributed by atoms with E-state index in [1.165, 1.54) is 0 Å². The van der Waals surface area contributed by atoms with Gasteiger partial charge in [-0.25, -0.2) is 14.4 Å². The highest BCUT2D eigenvalue weighted by Crippen LogP contribution is 2.24. The van der Waals surface area contributed by atoms with Crippen LogP contribution in [0.5, 0.6) is 17.2 Å². The van der Waals surface area contributed by atoms with E-state index in [1.807, 2.05) is 36.4 Å². The molecule has 3 rings (SSSR count). The van der Waals surface area contributed by atoms with Crippen LogP contribution in [0.3, 0.4) is 0 Å². The predicted molar refractivity (Wildman–Crippen MR) is 152 cm³/mol. The van der Waals surface area contributed by atoms with Crippen molar-refractivity contribution in [3.8, 4) is 28.4 Å². The van der Waals surface area contributed by atoms with Crippen molar-refractivity contribution in [3.63, 3.8) is 0 Å². The van der Waals surface area contributed by atoms with Gasteiger partial charge in [-0.3, -0.25) is 0 Å². The molecule has 0 saturated carbocycles. The summed E-state index contributed by atoms with van der Waals surface area (Å²) in [6.45, 7) is 7.45. The molecule has 0 amide bonds. The molecule has 41 heavy (non-hydrogen) atoms. The summed E-state index contributed by atoms with van der Waals surface area (Å²) in [5.41, 5.74) is 2.29. The van der Waals surface area contributed by atoms with Crippen molar-refractivity contribution >= 4 is 17.9 Å². The number of hydrogen-bond acceptors (Lipinski definition) is 9. The summed E-state index contributed by atoms with van der Waals surface area (Å²) in [4.78, 5) is 35.0. The van der Waals surface area contributed by atoms with Crippen molar-refractivity contribution in [3.05, 3.63) is 103 Å². The van der Waals surface area contributed by atoms with Crippen molar-refractivity contribution in [1.82, 2.24) is 0 Å². The van der Waals surface area contributed by atoms with Crippen molar-refractivity contribution in [2.75, 3.05) is 33.0 Å². The molecule has 0 bridgehead atoms. The highest BCUT2D eigenvalue weighted by atomic mass is 16.5. The molecule has 0 fully saturated rings. The Balaban J connectivity index is 1.41. The topological polar surface area (TPSA) is 118 Å². The van der Waals surface area contributed by atoms with Crippen LogP contribution in [-0.2, 0) is 19.1 Å². The van der Waals surface area contributed by atoms with Gasteiger partial charge in [-0.2, -0.15) is 0 Å². The molecular formula is C32H32O9. The predicted octanol–water partition coefficient (Wildman–Crippen LogP) is 4.93. The zero-order valence-corrected chi connectivity index (χ0v) is 22.6. The Morgan fingerprint density at radius 3 is 1.71 bits per heavy atom. The molecule has 3 aromatic rings. The average Bonchev–Trinajstić information content (AvgIpc) is 3.01. The van der Waals surface area contributed by atoms with E-state index in [2.05, 4.69) is 13.2 Å². The number of aliphatic hydroxyl groups is 1. The second kappa shape index (κ2) is 16.3. The van der Waals surface area contributed by atoms with E-state index in [9.17, 15) is 14.4 Å². The summed E-state index contributed by atoms with van der Waals surface area (Å²) in [5, 5.41) is 8.85. The Morgan fingerprint density at radius 1 is 0.683 bits per heavy atom. The number of carbonyl (C=O) groups excluding carboxylic acids is 3. The number of carbonyl (C=O) groups is 3. The standard InChI is InChI=1S/C32H32O9/c1-3-30(34)39-20-4-18-38-28-14-16-29(17-15-28)41-32(36)26-8-6-24(7-9-26)25-10-12-27(13-11-25)37-19-5-21-40-31(35)23(2)22-33/h3,6-17,33H,1-2,4-5,18-22H2. The van der Waals surface area contributed by atoms with Gasteiger partial charge in [0.2, 0.25) is 0 Å². The fourth-order valence-corrected chi connectivity index (χ4v) is 3.37. The lowest BCUT2D eigenvalue weighted by Gasteiger charge is -2.09. The molecule has 1 N–H and O–H groups in total. The SMILES string of the molecule is C=CC(=O)OCCCOc1ccc(OC(=O)c2ccc(-c3ccc(OCCCOC(=O)C(=C)CO)cc3)cc2)cc1. The lowest BCUT2D eigenvalue weighted by atomic mass is 10.0. The maximum Gasteiger partial charge on any atom is 0.343 e. The lowest BCUT2D eigenvalue weighted by molar-refractivity contribution is -0.140. The summed E-state index contributed by atoms with van der Waals surface area (Å²) in [7, 11) is 0. The van der Waals surface area contributed by atoms with Crippen LogP contribution in [0.2, 0.25) is 0 Å². The second-order valence-electron chi connectivity index (χ2n) is 8.64. The monoisotopic (exact) mass is 560 g/mol. The summed E-state index contributed by atoms with van der Waals surface area (Å²) in [5.74, 6) is 0.0952. The van der Waals surface area contributed by atoms with Gasteiger partial charge >= 0.3 is 17.9 Å². The molecule has 0 heterocycles. The molecule has 0 aliphatic heterocycles. The second-order valence-corrected chi connectivity index (χ2v) is 8.64. The molecule has 0 aromatic heterocycles. The largest absolute Gasteiger partial charge is 0.493 e. The average molecular weight is 561 g/mol. The van der Waals surface area contributed by atoms with Gasteiger partial charge in [-0.1, -0.05) is 37.4 Å². The molecular weight excluding hydrogens is 528 g/mol. The number of esters is 3. The van der Waals surface area contributed by atoms with Crippen molar-refractivity contribution < 1.29 is 43.2 Å². The Hall–Kier alpha value is -4.89. The zero-order valence-electron chi connectivity index (χ0n) is 22.6. The number of aliphatic hydroxyl groups excluding tert-OH is 1. The van der Waals surface area contributed by atoms with Crippen LogP contribution in [0.25, 0.3) is 11.1 Å². The Labute approximate surface area is 238 Å². The lowest BCUT2D eigenvalue weighted by Crippen LogP contribution is -2.12. The van der Waals surface area contributed by atoms with E-state index >= 15 is 0 Å². The minimum Gasteiger partial charge on any atom is -0.493 e. The third-order valence-electron chi connectivity index (χ3n) is 5.58. The summed E-state index contributed by atoms with van der Waals surface area (Å²) < 4.78 is 26.6. The maximum atomic E-state index is 12.6. The van der Waals surface area contributed by atoms with E-state index < -0.39 is 24.5 Å². The van der Waals surface area contributed by atoms with Gasteiger partial charge in [0.05, 0.1) is 44.2 Å². The molecule has 0 unspecified atom stereocenters. The summed E-state index contributed by atoms with van der Waals surface area (Å²) in [6.07, 6.45) is 2.15. The van der Waals surface area contributed by atoms with Gasteiger partial charge in [0.15, 0.2) is 0 Å². The van der Waals surface area contributed by atoms with Crippen LogP contribution in [0.15, 0.2) is 97.6 Å². The minimum atomic E-state index is -0.616. The van der Waals surface area contributed by atoms with Crippen molar-refractivity contribution in [1.29, 1.82) is 0 Å². The van der Waals surface area contributed by atoms with E-state index in [0.29, 0.717) is 48.9 Å². The van der Waals surface area contributed by atoms with Crippen molar-refractivity contribution in [2.45, 2.75) is 12.8 Å². The molecule has 0 spiro atoms. The van der Waals surface area contributed by atoms with Crippen LogP contribution in [0, 0.1) is 0 Å². The first-order valence-corrected chi connectivity index (χ1v) is 12.9. The number of hydrogen-bond donors (Lipinski definition) is 1. The first-order chi connectivity index (χ1) is 19.9. The normalized spacial score (nSPS) is 10.3. The quantitative estimate of drug-likeness (QED) is 0.113. The fraction of sp³-hybridized carbons (Fsp3) is 0.219. The first kappa shape index (κ1) is 30.6. The van der Waals surface area contributed by atoms with Gasteiger partial charge in [0, 0.05) is 18.9 Å². The van der Waals surface area contributed by atoms with E-state index in [0.717, 1.165) is 17.2 Å². The molecule has 0 aliphatic carbocycles. The highest BCUT2D eigenvalue weighted by Gasteiger charge is 2.10. The molecule has 214 valence electrons. The third-order valence-corrected chi connectivity index (χ3v) is 5.58. The smallest absolute Gasteiger partial charge is 0.343 e. The fourth-order valence-electron chi connectivity index (χ4n) is 3.37. The van der Waals surface area contributed by atoms with E-state index in [4.69, 9.17) is 28.8 Å². The van der Waals surface area contributed by atoms with Crippen molar-refractivity contribution in [2.24, 2.45) is 0 Å². The van der Waals surface area contributed by atoms with E-state index in [1.54, 1.807) is 36.4 Å². The molecule has 9 nitrogen and oxygen atoms in total. The zero-order chi connectivity index (χ0) is 29.5. The van der Waals surface area contributed by atoms with Gasteiger partial charge in [0.25, 0.3) is 0 Å². The summed E-state index contributed by atoms with van der Waals surface area (Å²) in [6, 6.07) is 21.2. The minimum absolute atomic E-state index is 0.0165. The first-order valence-electron chi connectivity index (χ1n) is 12.9. The number of rotatable bonds is 16. The van der Waals surface area contributed by atoms with Crippen LogP contribution in [-0.4, -0.2) is 56.0 Å². The molecule has 0 aliphatic rings. The molecule has 3 aromatic carbocycles. The van der Waals surface area contributed by atoms with Gasteiger partial charge in [0.1, 0.15) is 17.2 Å². The number of benzene rings is 3. The van der Waals surface area contributed by atoms with Gasteiger partial charge in [-0.05, 0) is 59.7 Å². The maximum absolute atomic E-state index is 12.6. The number of ether oxygens (including phenoxy) is 5. The van der Waals surface area contributed by atoms with Crippen LogP contribution < -0.4 is 14.2 Å². The summed E-state index contributed by atoms with van der Waals surface area (Å²) >= 11 is 0. The van der Waals surface area contributed by atoms with Crippen LogP contribution in [0.1, 0.15) is 23.2 Å². The van der Waals surface area contributed by atoms with Gasteiger partial charge < -0.3 is 28.8 Å². The Bertz CT molecular complexity index is 1310. The molecule has 0 saturated heterocycles.